The minimum Gasteiger partial charge on any atom is -0.489 e. The summed E-state index contributed by atoms with van der Waals surface area (Å²) >= 11 is 0. The van der Waals surface area contributed by atoms with E-state index in [9.17, 15) is 9.50 Å². The molecule has 10 nitrogen and oxygen atoms in total. The number of hydrogen-bond donors (Lipinski definition) is 3. The molecular formula is C27H30FN7O3. The van der Waals surface area contributed by atoms with Crippen LogP contribution in [-0.4, -0.2) is 60.1 Å². The van der Waals surface area contributed by atoms with Crippen LogP contribution in [0.4, 0.5) is 15.9 Å². The second-order valence-corrected chi connectivity index (χ2v) is 9.45. The highest BCUT2D eigenvalue weighted by Gasteiger charge is 2.28. The predicted molar refractivity (Wildman–Crippen MR) is 141 cm³/mol. The fraction of sp³-hybridized carbons (Fsp3) is 0.407. The molecule has 1 saturated carbocycles. The number of anilines is 1. The number of fused-ring (bicyclic) bond motifs is 1. The first kappa shape index (κ1) is 25.6. The van der Waals surface area contributed by atoms with Crippen molar-refractivity contribution in [2.45, 2.75) is 57.4 Å². The van der Waals surface area contributed by atoms with Crippen molar-refractivity contribution in [3.63, 3.8) is 0 Å². The molecule has 0 bridgehead atoms. The maximum atomic E-state index is 14.5. The van der Waals surface area contributed by atoms with Gasteiger partial charge in [-0.3, -0.25) is 9.36 Å². The number of ether oxygens (including phenoxy) is 1. The Morgan fingerprint density at radius 2 is 2.08 bits per heavy atom. The van der Waals surface area contributed by atoms with Crippen molar-refractivity contribution in [1.82, 2.24) is 24.5 Å². The Hall–Kier alpha value is -4.01. The van der Waals surface area contributed by atoms with Gasteiger partial charge in [0.1, 0.15) is 17.3 Å². The molecule has 1 aromatic carbocycles. The molecule has 198 valence electrons. The summed E-state index contributed by atoms with van der Waals surface area (Å²) in [6, 6.07) is 6.77. The smallest absolute Gasteiger partial charge is 0.225 e. The maximum Gasteiger partial charge on any atom is 0.225 e. The molecule has 38 heavy (non-hydrogen) atoms. The summed E-state index contributed by atoms with van der Waals surface area (Å²) in [5, 5.41) is 32.4. The van der Waals surface area contributed by atoms with Crippen LogP contribution in [0.1, 0.15) is 38.6 Å². The van der Waals surface area contributed by atoms with E-state index in [1.54, 1.807) is 29.2 Å². The highest BCUT2D eigenvalue weighted by Crippen LogP contribution is 2.37. The van der Waals surface area contributed by atoms with Crippen molar-refractivity contribution in [3.05, 3.63) is 60.1 Å². The Kier molecular flexibility index (Phi) is 7.53. The average Bonchev–Trinajstić information content (AvgIpc) is 3.55. The van der Waals surface area contributed by atoms with Crippen LogP contribution in [0.3, 0.4) is 0 Å². The normalized spacial score (nSPS) is 18.3. The number of nitrogens with one attached hydrogen (secondary N) is 1. The molecular weight excluding hydrogens is 489 g/mol. The Morgan fingerprint density at radius 1 is 1.26 bits per heavy atom. The van der Waals surface area contributed by atoms with Crippen molar-refractivity contribution >= 4 is 22.4 Å². The van der Waals surface area contributed by atoms with Crippen LogP contribution < -0.4 is 10.1 Å². The second kappa shape index (κ2) is 11.2. The third-order valence-corrected chi connectivity index (χ3v) is 6.81. The highest BCUT2D eigenvalue weighted by atomic mass is 19.1. The monoisotopic (exact) mass is 519 g/mol. The largest absolute Gasteiger partial charge is 0.489 e. The quantitative estimate of drug-likeness (QED) is 0.282. The minimum atomic E-state index is -0.892. The minimum absolute atomic E-state index is 0.0361. The lowest BCUT2D eigenvalue weighted by Gasteiger charge is -2.29. The number of rotatable bonds is 9. The van der Waals surface area contributed by atoms with E-state index in [0.29, 0.717) is 0 Å². The number of halogens is 1. The Labute approximate surface area is 219 Å². The predicted octanol–water partition coefficient (Wildman–Crippen LogP) is 4.33. The van der Waals surface area contributed by atoms with Gasteiger partial charge in [0.2, 0.25) is 5.69 Å². The molecule has 3 heterocycles. The number of aliphatic hydroxyl groups is 2. The summed E-state index contributed by atoms with van der Waals surface area (Å²) in [4.78, 5) is 7.77. The zero-order valence-electron chi connectivity index (χ0n) is 21.1. The van der Waals surface area contributed by atoms with E-state index < -0.39 is 11.9 Å². The summed E-state index contributed by atoms with van der Waals surface area (Å²) in [6.45, 7) is 9.72. The molecule has 4 aromatic rings. The first-order valence-electron chi connectivity index (χ1n) is 12.8. The van der Waals surface area contributed by atoms with Gasteiger partial charge in [-0.25, -0.2) is 14.2 Å². The van der Waals surface area contributed by atoms with Gasteiger partial charge in [-0.15, -0.1) is 0 Å². The molecule has 3 N–H and O–H groups in total. The molecule has 1 aliphatic carbocycles. The summed E-state index contributed by atoms with van der Waals surface area (Å²) in [6.07, 6.45) is 7.33. The van der Waals surface area contributed by atoms with Gasteiger partial charge in [0.15, 0.2) is 5.82 Å². The van der Waals surface area contributed by atoms with Gasteiger partial charge in [0.05, 0.1) is 49.7 Å². The van der Waals surface area contributed by atoms with Gasteiger partial charge < -0.3 is 20.3 Å². The van der Waals surface area contributed by atoms with Crippen molar-refractivity contribution in [2.75, 3.05) is 18.5 Å². The van der Waals surface area contributed by atoms with Crippen LogP contribution in [0.2, 0.25) is 0 Å². The molecule has 0 aliphatic heterocycles. The summed E-state index contributed by atoms with van der Waals surface area (Å²) in [7, 11) is 0. The van der Waals surface area contributed by atoms with Gasteiger partial charge in [-0.05, 0) is 38.7 Å². The Bertz CT molecular complexity index is 1450. The zero-order chi connectivity index (χ0) is 26.6. The molecule has 1 aliphatic rings. The number of benzene rings is 1. The number of pyridine rings is 1. The fourth-order valence-electron chi connectivity index (χ4n) is 4.92. The lowest BCUT2D eigenvalue weighted by Crippen LogP contribution is -2.26. The molecule has 1 fully saturated rings. The van der Waals surface area contributed by atoms with Gasteiger partial charge in [0.25, 0.3) is 0 Å². The van der Waals surface area contributed by atoms with Crippen molar-refractivity contribution in [1.29, 1.82) is 0 Å². The molecule has 11 heteroatoms. The van der Waals surface area contributed by atoms with Crippen LogP contribution in [0.5, 0.6) is 5.75 Å². The van der Waals surface area contributed by atoms with Crippen molar-refractivity contribution in [2.24, 2.45) is 0 Å². The number of hydrogen-bond acceptors (Lipinski definition) is 7. The van der Waals surface area contributed by atoms with Gasteiger partial charge in [-0.1, -0.05) is 12.1 Å². The standard InChI is InChI=1S/C27H30FN7O3/c1-3-30-25-11-23-21(13-31-25)27(17-12-32-34(14-17)15-19(37)16-36)33-35(23)18-7-9-20(10-8-18)38-24-6-4-5-22(29-2)26(24)28/h4-6,11-14,18-20,36-37H,3,7-10,15-16H2,1H3,(H,30,31)/t18?,19-,20?/m1/s1. The van der Waals surface area contributed by atoms with E-state index in [1.165, 1.54) is 6.07 Å². The second-order valence-electron chi connectivity index (χ2n) is 9.45. The molecule has 0 spiro atoms. The van der Waals surface area contributed by atoms with Crippen LogP contribution in [0, 0.1) is 12.4 Å². The molecule has 3 aromatic heterocycles. The summed E-state index contributed by atoms with van der Waals surface area (Å²) in [5.74, 6) is 0.281. The molecule has 1 atom stereocenters. The third-order valence-electron chi connectivity index (χ3n) is 6.81. The van der Waals surface area contributed by atoms with E-state index in [4.69, 9.17) is 21.5 Å². The number of aliphatic hydroxyl groups excluding tert-OH is 2. The maximum absolute atomic E-state index is 14.5. The molecule has 0 amide bonds. The zero-order valence-corrected chi connectivity index (χ0v) is 21.1. The first-order valence-corrected chi connectivity index (χ1v) is 12.8. The van der Waals surface area contributed by atoms with E-state index in [0.717, 1.165) is 60.2 Å². The lowest BCUT2D eigenvalue weighted by atomic mass is 9.93. The SMILES string of the molecule is [C-]#[N+]c1cccc(OC2CCC(n3nc(-c4cnn(C[C@@H](O)CO)c4)c4cnc(NCC)cc43)CC2)c1F. The van der Waals surface area contributed by atoms with E-state index in [1.807, 2.05) is 23.9 Å². The van der Waals surface area contributed by atoms with Gasteiger partial charge >= 0.3 is 0 Å². The molecule has 0 unspecified atom stereocenters. The molecule has 5 rings (SSSR count). The number of aromatic nitrogens is 5. The van der Waals surface area contributed by atoms with Gasteiger partial charge in [-0.2, -0.15) is 10.2 Å². The van der Waals surface area contributed by atoms with Gasteiger partial charge in [0, 0.05) is 36.0 Å². The van der Waals surface area contributed by atoms with Crippen LogP contribution in [0.25, 0.3) is 27.0 Å². The lowest BCUT2D eigenvalue weighted by molar-refractivity contribution is 0.0783. The highest BCUT2D eigenvalue weighted by molar-refractivity contribution is 5.93. The summed E-state index contributed by atoms with van der Waals surface area (Å²) in [5.41, 5.74) is 2.46. The Balaban J connectivity index is 1.39. The van der Waals surface area contributed by atoms with E-state index >= 15 is 0 Å². The third kappa shape index (κ3) is 5.18. The van der Waals surface area contributed by atoms with Crippen LogP contribution >= 0.6 is 0 Å². The van der Waals surface area contributed by atoms with Crippen LogP contribution in [-0.2, 0) is 6.54 Å². The Morgan fingerprint density at radius 3 is 2.82 bits per heavy atom. The first-order chi connectivity index (χ1) is 18.5. The van der Waals surface area contributed by atoms with Crippen molar-refractivity contribution < 1.29 is 19.3 Å². The van der Waals surface area contributed by atoms with Crippen LogP contribution in [0.15, 0.2) is 42.9 Å². The topological polar surface area (TPSA) is 115 Å². The van der Waals surface area contributed by atoms with E-state index in [-0.39, 0.29) is 36.7 Å². The average molecular weight is 520 g/mol. The van der Waals surface area contributed by atoms with Crippen molar-refractivity contribution in [3.8, 4) is 17.0 Å². The molecule has 0 radical (unpaired) electrons. The molecule has 0 saturated heterocycles. The fourth-order valence-corrected chi connectivity index (χ4v) is 4.92. The van der Waals surface area contributed by atoms with E-state index in [2.05, 4.69) is 20.2 Å². The number of nitrogens with zero attached hydrogens (tertiary/aromatic N) is 6. The summed E-state index contributed by atoms with van der Waals surface area (Å²) < 4.78 is 24.1.